The Morgan fingerprint density at radius 1 is 0.947 bits per heavy atom. The Kier molecular flexibility index (Phi) is 6.36. The number of benzene rings is 2. The van der Waals surface area contributed by atoms with Crippen molar-refractivity contribution in [2.45, 2.75) is 38.6 Å². The smallest absolute Gasteiger partial charge is 0.254 e. The standard InChI is InChI=1S/C30H28FN5O2/c31-26-3-1-2-23(24(26)16-32)19-4-8-22(9-5-19)30(38)36-15-12-27-25(17-36)29(34-18-33-27)35-13-10-21(11-14-35)28(37)20-6-7-20/h1-5,8-9,18,20-21H,6-7,10-15,17H2. The van der Waals surface area contributed by atoms with E-state index in [0.29, 0.717) is 47.9 Å². The van der Waals surface area contributed by atoms with E-state index in [2.05, 4.69) is 14.9 Å². The van der Waals surface area contributed by atoms with Crippen LogP contribution in [-0.2, 0) is 17.8 Å². The molecule has 0 N–H and O–H groups in total. The van der Waals surface area contributed by atoms with E-state index in [9.17, 15) is 19.2 Å². The van der Waals surface area contributed by atoms with Gasteiger partial charge in [-0.25, -0.2) is 14.4 Å². The van der Waals surface area contributed by atoms with Crippen molar-refractivity contribution in [2.24, 2.45) is 11.8 Å². The molecule has 3 heterocycles. The third-order valence-electron chi connectivity index (χ3n) is 8.01. The summed E-state index contributed by atoms with van der Waals surface area (Å²) in [6.45, 7) is 2.56. The molecule has 0 atom stereocenters. The number of fused-ring (bicyclic) bond motifs is 1. The van der Waals surface area contributed by atoms with E-state index in [1.807, 2.05) is 11.0 Å². The van der Waals surface area contributed by atoms with Gasteiger partial charge in [0, 0.05) is 54.6 Å². The number of piperidine rings is 1. The van der Waals surface area contributed by atoms with Gasteiger partial charge in [-0.05, 0) is 49.4 Å². The van der Waals surface area contributed by atoms with Crippen LogP contribution in [0.4, 0.5) is 10.2 Å². The molecule has 0 radical (unpaired) electrons. The van der Waals surface area contributed by atoms with Crippen LogP contribution in [0.3, 0.4) is 0 Å². The van der Waals surface area contributed by atoms with E-state index < -0.39 is 5.82 Å². The van der Waals surface area contributed by atoms with Crippen LogP contribution in [0.5, 0.6) is 0 Å². The molecule has 192 valence electrons. The zero-order valence-corrected chi connectivity index (χ0v) is 21.1. The number of rotatable bonds is 5. The molecule has 2 fully saturated rings. The molecule has 0 bridgehead atoms. The van der Waals surface area contributed by atoms with E-state index >= 15 is 0 Å². The van der Waals surface area contributed by atoms with Gasteiger partial charge in [-0.2, -0.15) is 5.26 Å². The summed E-state index contributed by atoms with van der Waals surface area (Å²) in [5, 5.41) is 9.35. The molecule has 6 rings (SSSR count). The second-order valence-corrected chi connectivity index (χ2v) is 10.4. The highest BCUT2D eigenvalue weighted by atomic mass is 19.1. The van der Waals surface area contributed by atoms with Crippen molar-refractivity contribution in [3.05, 3.63) is 77.0 Å². The minimum atomic E-state index is -0.561. The van der Waals surface area contributed by atoms with Crippen LogP contribution in [-0.4, -0.2) is 46.2 Å². The topological polar surface area (TPSA) is 90.2 Å². The van der Waals surface area contributed by atoms with Crippen LogP contribution in [0.15, 0.2) is 48.8 Å². The second kappa shape index (κ2) is 9.97. The molecule has 1 saturated carbocycles. The average Bonchev–Trinajstić information content (AvgIpc) is 3.82. The molecule has 8 heteroatoms. The van der Waals surface area contributed by atoms with E-state index in [0.717, 1.165) is 55.8 Å². The van der Waals surface area contributed by atoms with Crippen molar-refractivity contribution < 1.29 is 14.0 Å². The number of carbonyl (C=O) groups excluding carboxylic acids is 2. The van der Waals surface area contributed by atoms with Gasteiger partial charge in [0.2, 0.25) is 0 Å². The summed E-state index contributed by atoms with van der Waals surface area (Å²) < 4.78 is 14.1. The maximum atomic E-state index is 14.1. The van der Waals surface area contributed by atoms with Gasteiger partial charge in [0.15, 0.2) is 0 Å². The van der Waals surface area contributed by atoms with E-state index in [1.165, 1.54) is 6.07 Å². The number of Topliss-reactive ketones (excluding diaryl/α,β-unsaturated/α-hetero) is 1. The molecule has 2 aromatic carbocycles. The van der Waals surface area contributed by atoms with Crippen LogP contribution in [0.25, 0.3) is 11.1 Å². The monoisotopic (exact) mass is 509 g/mol. The fourth-order valence-corrected chi connectivity index (χ4v) is 5.70. The van der Waals surface area contributed by atoms with Gasteiger partial charge < -0.3 is 9.80 Å². The fraction of sp³-hybridized carbons (Fsp3) is 0.367. The number of nitrogens with zero attached hydrogens (tertiary/aromatic N) is 5. The summed E-state index contributed by atoms with van der Waals surface area (Å²) in [5.41, 5.74) is 3.66. The lowest BCUT2D eigenvalue weighted by molar-refractivity contribution is -0.124. The molecule has 0 unspecified atom stereocenters. The summed E-state index contributed by atoms with van der Waals surface area (Å²) >= 11 is 0. The lowest BCUT2D eigenvalue weighted by Gasteiger charge is -2.36. The van der Waals surface area contributed by atoms with Crippen molar-refractivity contribution in [1.82, 2.24) is 14.9 Å². The molecule has 38 heavy (non-hydrogen) atoms. The summed E-state index contributed by atoms with van der Waals surface area (Å²) in [7, 11) is 0. The maximum absolute atomic E-state index is 14.1. The number of ketones is 1. The van der Waals surface area contributed by atoms with Gasteiger partial charge in [-0.1, -0.05) is 24.3 Å². The lowest BCUT2D eigenvalue weighted by atomic mass is 9.90. The quantitative estimate of drug-likeness (QED) is 0.501. The molecule has 7 nitrogen and oxygen atoms in total. The number of nitriles is 1. The van der Waals surface area contributed by atoms with Crippen LogP contribution < -0.4 is 4.90 Å². The highest BCUT2D eigenvalue weighted by Crippen LogP contribution is 2.37. The number of aromatic nitrogens is 2. The third-order valence-corrected chi connectivity index (χ3v) is 8.01. The van der Waals surface area contributed by atoms with Gasteiger partial charge in [-0.3, -0.25) is 9.59 Å². The second-order valence-electron chi connectivity index (χ2n) is 10.4. The van der Waals surface area contributed by atoms with Crippen LogP contribution >= 0.6 is 0 Å². The van der Waals surface area contributed by atoms with Crippen LogP contribution in [0.1, 0.15) is 52.9 Å². The Hall–Kier alpha value is -4.12. The molecule has 3 aromatic rings. The normalized spacial score (nSPS) is 17.6. The minimum absolute atomic E-state index is 0.00678. The largest absolute Gasteiger partial charge is 0.356 e. The van der Waals surface area contributed by atoms with E-state index in [4.69, 9.17) is 0 Å². The highest BCUT2D eigenvalue weighted by molar-refractivity contribution is 5.95. The highest BCUT2D eigenvalue weighted by Gasteiger charge is 2.37. The maximum Gasteiger partial charge on any atom is 0.254 e. The molecule has 1 amide bonds. The number of hydrogen-bond donors (Lipinski definition) is 0. The van der Waals surface area contributed by atoms with Crippen molar-refractivity contribution >= 4 is 17.5 Å². The van der Waals surface area contributed by atoms with Gasteiger partial charge in [0.05, 0.1) is 17.8 Å². The minimum Gasteiger partial charge on any atom is -0.356 e. The Morgan fingerprint density at radius 3 is 2.39 bits per heavy atom. The predicted molar refractivity (Wildman–Crippen MR) is 140 cm³/mol. The van der Waals surface area contributed by atoms with Crippen LogP contribution in [0.2, 0.25) is 0 Å². The first kappa shape index (κ1) is 24.2. The zero-order chi connectivity index (χ0) is 26.2. The zero-order valence-electron chi connectivity index (χ0n) is 21.1. The summed E-state index contributed by atoms with van der Waals surface area (Å²) in [6.07, 6.45) is 6.06. The van der Waals surface area contributed by atoms with Crippen molar-refractivity contribution in [3.8, 4) is 17.2 Å². The molecule has 1 saturated heterocycles. The van der Waals surface area contributed by atoms with Crippen molar-refractivity contribution in [2.75, 3.05) is 24.5 Å². The Morgan fingerprint density at radius 2 is 1.68 bits per heavy atom. The Bertz CT molecular complexity index is 1440. The van der Waals surface area contributed by atoms with Crippen LogP contribution in [0, 0.1) is 29.0 Å². The van der Waals surface area contributed by atoms with Gasteiger partial charge in [0.1, 0.15) is 29.8 Å². The molecule has 3 aliphatic rings. The number of amides is 1. The Labute approximate surface area is 220 Å². The number of anilines is 1. The SMILES string of the molecule is N#Cc1c(F)cccc1-c1ccc(C(=O)N2CCc3ncnc(N4CCC(C(=O)C5CC5)CC4)c3C2)cc1. The van der Waals surface area contributed by atoms with E-state index in [-0.39, 0.29) is 17.4 Å². The number of halogens is 1. The first-order valence-electron chi connectivity index (χ1n) is 13.2. The first-order valence-corrected chi connectivity index (χ1v) is 13.2. The average molecular weight is 510 g/mol. The van der Waals surface area contributed by atoms with Crippen molar-refractivity contribution in [1.29, 1.82) is 5.26 Å². The Balaban J connectivity index is 1.17. The number of hydrogen-bond acceptors (Lipinski definition) is 6. The fourth-order valence-electron chi connectivity index (χ4n) is 5.70. The summed E-state index contributed by atoms with van der Waals surface area (Å²) in [5.74, 6) is 1.12. The van der Waals surface area contributed by atoms with Crippen molar-refractivity contribution in [3.63, 3.8) is 0 Å². The summed E-state index contributed by atoms with van der Waals surface area (Å²) in [4.78, 5) is 39.1. The molecule has 1 aromatic heterocycles. The van der Waals surface area contributed by atoms with Gasteiger partial charge in [-0.15, -0.1) is 0 Å². The number of carbonyl (C=O) groups is 2. The molecular formula is C30H28FN5O2. The van der Waals surface area contributed by atoms with E-state index in [1.54, 1.807) is 42.7 Å². The molecule has 2 aliphatic heterocycles. The summed E-state index contributed by atoms with van der Waals surface area (Å²) in [6, 6.07) is 13.4. The lowest BCUT2D eigenvalue weighted by Crippen LogP contribution is -2.41. The van der Waals surface area contributed by atoms with Gasteiger partial charge in [0.25, 0.3) is 5.91 Å². The molecule has 0 spiro atoms. The predicted octanol–water partition coefficient (Wildman–Crippen LogP) is 4.55. The first-order chi connectivity index (χ1) is 18.5. The molecule has 1 aliphatic carbocycles. The molecular weight excluding hydrogens is 481 g/mol. The third kappa shape index (κ3) is 4.53. The van der Waals surface area contributed by atoms with Gasteiger partial charge >= 0.3 is 0 Å².